The van der Waals surface area contributed by atoms with Crippen LogP contribution in [0.25, 0.3) is 0 Å². The number of nitrogens with zero attached hydrogens (tertiary/aromatic N) is 1. The van der Waals surface area contributed by atoms with E-state index in [4.69, 9.17) is 4.74 Å². The quantitative estimate of drug-likeness (QED) is 0.418. The summed E-state index contributed by atoms with van der Waals surface area (Å²) in [6.45, 7) is 0.769. The van der Waals surface area contributed by atoms with Gasteiger partial charge >= 0.3 is 0 Å². The minimum absolute atomic E-state index is 0.149. The highest BCUT2D eigenvalue weighted by Crippen LogP contribution is 2.13. The van der Waals surface area contributed by atoms with Gasteiger partial charge in [-0.1, -0.05) is 12.1 Å². The van der Waals surface area contributed by atoms with Crippen LogP contribution < -0.4 is 0 Å². The second-order valence-corrected chi connectivity index (χ2v) is 4.50. The number of thioether (sulfide) groups is 1. The second-order valence-electron chi connectivity index (χ2n) is 3.28. The van der Waals surface area contributed by atoms with Crippen molar-refractivity contribution in [2.45, 2.75) is 6.42 Å². The third kappa shape index (κ3) is 4.63. The third-order valence-corrected chi connectivity index (χ3v) is 3.06. The van der Waals surface area contributed by atoms with Gasteiger partial charge in [0.25, 0.3) is 5.69 Å². The molecule has 0 heterocycles. The minimum atomic E-state index is -0.378. The topological polar surface area (TPSA) is 52.4 Å². The van der Waals surface area contributed by atoms with E-state index >= 15 is 0 Å². The van der Waals surface area contributed by atoms with Gasteiger partial charge in [-0.25, -0.2) is 0 Å². The average molecular weight is 241 g/mol. The van der Waals surface area contributed by atoms with Crippen LogP contribution in [0.3, 0.4) is 0 Å². The fourth-order valence-corrected chi connectivity index (χ4v) is 2.09. The fraction of sp³-hybridized carbons (Fsp3) is 0.455. The van der Waals surface area contributed by atoms with Crippen LogP contribution in [-0.2, 0) is 11.2 Å². The van der Waals surface area contributed by atoms with Gasteiger partial charge in [0.15, 0.2) is 0 Å². The van der Waals surface area contributed by atoms with Crippen LogP contribution in [-0.4, -0.2) is 30.1 Å². The summed E-state index contributed by atoms with van der Waals surface area (Å²) in [5.41, 5.74) is 1.28. The molecule has 88 valence electrons. The smallest absolute Gasteiger partial charge is 0.269 e. The van der Waals surface area contributed by atoms with Crippen molar-refractivity contribution < 1.29 is 9.66 Å². The number of nitro groups is 1. The maximum atomic E-state index is 10.4. The van der Waals surface area contributed by atoms with Gasteiger partial charge in [0, 0.05) is 25.0 Å². The lowest BCUT2D eigenvalue weighted by atomic mass is 10.1. The van der Waals surface area contributed by atoms with Crippen molar-refractivity contribution in [3.8, 4) is 0 Å². The molecule has 0 aliphatic rings. The van der Waals surface area contributed by atoms with Gasteiger partial charge in [0.2, 0.25) is 0 Å². The Balaban J connectivity index is 2.29. The molecule has 0 saturated heterocycles. The predicted octanol–water partition coefficient (Wildman–Crippen LogP) is 2.52. The molecule has 0 bridgehead atoms. The SMILES string of the molecule is COCCSCCc1ccc([N+](=O)[O-])cc1. The summed E-state index contributed by atoms with van der Waals surface area (Å²) in [6, 6.07) is 6.73. The van der Waals surface area contributed by atoms with E-state index in [0.29, 0.717) is 0 Å². The highest BCUT2D eigenvalue weighted by atomic mass is 32.2. The average Bonchev–Trinajstić information content (AvgIpc) is 2.29. The molecule has 0 aliphatic carbocycles. The minimum Gasteiger partial charge on any atom is -0.384 e. The first-order chi connectivity index (χ1) is 7.74. The Bertz CT molecular complexity index is 327. The summed E-state index contributed by atoms with van der Waals surface area (Å²) < 4.78 is 4.94. The summed E-state index contributed by atoms with van der Waals surface area (Å²) in [5.74, 6) is 2.00. The van der Waals surface area contributed by atoms with E-state index in [1.165, 1.54) is 0 Å². The molecule has 0 atom stereocenters. The maximum Gasteiger partial charge on any atom is 0.269 e. The predicted molar refractivity (Wildman–Crippen MR) is 66.0 cm³/mol. The van der Waals surface area contributed by atoms with Crippen LogP contribution in [0.2, 0.25) is 0 Å². The van der Waals surface area contributed by atoms with Crippen molar-refractivity contribution in [3.63, 3.8) is 0 Å². The first-order valence-electron chi connectivity index (χ1n) is 5.04. The van der Waals surface area contributed by atoms with Crippen LogP contribution >= 0.6 is 11.8 Å². The Kier molecular flexibility index (Phi) is 5.88. The maximum absolute atomic E-state index is 10.4. The lowest BCUT2D eigenvalue weighted by Crippen LogP contribution is -1.95. The van der Waals surface area contributed by atoms with Crippen LogP contribution in [0.1, 0.15) is 5.56 Å². The van der Waals surface area contributed by atoms with Gasteiger partial charge in [-0.3, -0.25) is 10.1 Å². The van der Waals surface area contributed by atoms with Crippen molar-refractivity contribution in [1.82, 2.24) is 0 Å². The highest BCUT2D eigenvalue weighted by molar-refractivity contribution is 7.99. The molecule has 16 heavy (non-hydrogen) atoms. The van der Waals surface area contributed by atoms with Crippen molar-refractivity contribution in [1.29, 1.82) is 0 Å². The zero-order chi connectivity index (χ0) is 11.8. The van der Waals surface area contributed by atoms with Gasteiger partial charge in [0.1, 0.15) is 0 Å². The summed E-state index contributed by atoms with van der Waals surface area (Å²) in [5, 5.41) is 10.4. The number of aryl methyl sites for hydroxylation is 1. The molecule has 0 radical (unpaired) electrons. The molecule has 0 unspecified atom stereocenters. The Hall–Kier alpha value is -1.07. The largest absolute Gasteiger partial charge is 0.384 e. The molecular weight excluding hydrogens is 226 g/mol. The van der Waals surface area contributed by atoms with E-state index in [2.05, 4.69) is 0 Å². The Morgan fingerprint density at radius 3 is 2.56 bits per heavy atom. The van der Waals surface area contributed by atoms with Gasteiger partial charge in [-0.2, -0.15) is 11.8 Å². The number of benzene rings is 1. The number of non-ortho nitro benzene ring substituents is 1. The van der Waals surface area contributed by atoms with E-state index in [0.717, 1.165) is 30.1 Å². The second kappa shape index (κ2) is 7.24. The van der Waals surface area contributed by atoms with E-state index in [-0.39, 0.29) is 10.6 Å². The number of hydrogen-bond donors (Lipinski definition) is 0. The molecule has 0 amide bonds. The fourth-order valence-electron chi connectivity index (χ4n) is 1.22. The summed E-state index contributed by atoms with van der Waals surface area (Å²) in [6.07, 6.45) is 0.937. The summed E-state index contributed by atoms with van der Waals surface area (Å²) in [7, 11) is 1.69. The molecule has 1 rings (SSSR count). The Morgan fingerprint density at radius 1 is 1.31 bits per heavy atom. The molecule has 4 nitrogen and oxygen atoms in total. The first kappa shape index (κ1) is 13.0. The monoisotopic (exact) mass is 241 g/mol. The number of ether oxygens (including phenoxy) is 1. The van der Waals surface area contributed by atoms with Gasteiger partial charge < -0.3 is 4.74 Å². The first-order valence-corrected chi connectivity index (χ1v) is 6.19. The molecular formula is C11H15NO3S. The van der Waals surface area contributed by atoms with Crippen LogP contribution in [0.5, 0.6) is 0 Å². The molecule has 0 saturated carbocycles. The molecule has 1 aromatic carbocycles. The number of nitro benzene ring substituents is 1. The van der Waals surface area contributed by atoms with E-state index in [9.17, 15) is 10.1 Å². The lowest BCUT2D eigenvalue weighted by Gasteiger charge is -2.01. The standard InChI is InChI=1S/C11H15NO3S/c1-15-7-9-16-8-6-10-2-4-11(5-3-10)12(13)14/h2-5H,6-9H2,1H3. The van der Waals surface area contributed by atoms with Crippen LogP contribution in [0.15, 0.2) is 24.3 Å². The van der Waals surface area contributed by atoms with Gasteiger partial charge in [-0.15, -0.1) is 0 Å². The van der Waals surface area contributed by atoms with Crippen LogP contribution in [0, 0.1) is 10.1 Å². The van der Waals surface area contributed by atoms with Crippen molar-refractivity contribution in [3.05, 3.63) is 39.9 Å². The molecule has 0 N–H and O–H groups in total. The lowest BCUT2D eigenvalue weighted by molar-refractivity contribution is -0.384. The van der Waals surface area contributed by atoms with E-state index in [1.54, 1.807) is 19.2 Å². The Morgan fingerprint density at radius 2 is 2.00 bits per heavy atom. The van der Waals surface area contributed by atoms with Gasteiger partial charge in [-0.05, 0) is 17.7 Å². The molecule has 0 aliphatic heterocycles. The normalized spacial score (nSPS) is 10.3. The molecule has 5 heteroatoms. The van der Waals surface area contributed by atoms with Crippen molar-refractivity contribution in [2.75, 3.05) is 25.2 Å². The van der Waals surface area contributed by atoms with Crippen molar-refractivity contribution in [2.24, 2.45) is 0 Å². The zero-order valence-electron chi connectivity index (χ0n) is 9.22. The van der Waals surface area contributed by atoms with Gasteiger partial charge in [0.05, 0.1) is 11.5 Å². The number of rotatable bonds is 7. The van der Waals surface area contributed by atoms with E-state index in [1.807, 2.05) is 23.9 Å². The summed E-state index contributed by atoms with van der Waals surface area (Å²) in [4.78, 5) is 10.1. The molecule has 0 aromatic heterocycles. The number of hydrogen-bond acceptors (Lipinski definition) is 4. The molecule has 0 spiro atoms. The van der Waals surface area contributed by atoms with E-state index < -0.39 is 0 Å². The zero-order valence-corrected chi connectivity index (χ0v) is 10.0. The summed E-state index contributed by atoms with van der Waals surface area (Å²) >= 11 is 1.82. The Labute approximate surface area is 99.1 Å². The highest BCUT2D eigenvalue weighted by Gasteiger charge is 2.03. The molecule has 1 aromatic rings. The van der Waals surface area contributed by atoms with Crippen molar-refractivity contribution >= 4 is 17.4 Å². The third-order valence-electron chi connectivity index (χ3n) is 2.11. The number of methoxy groups -OCH3 is 1. The molecule has 0 fully saturated rings. The van der Waals surface area contributed by atoms with Crippen LogP contribution in [0.4, 0.5) is 5.69 Å².